The molecule has 0 aromatic heterocycles. The molecule has 1 aromatic rings. The molecular weight excluding hydrogens is 239 g/mol. The first-order chi connectivity index (χ1) is 7.76. The molecule has 0 aliphatic rings. The molecule has 0 saturated carbocycles. The quantitative estimate of drug-likeness (QED) is 0.678. The summed E-state index contributed by atoms with van der Waals surface area (Å²) in [6.07, 6.45) is 0.967. The molecule has 0 spiro atoms. The van der Waals surface area contributed by atoms with Crippen molar-refractivity contribution in [3.05, 3.63) is 30.3 Å². The van der Waals surface area contributed by atoms with E-state index in [1.807, 2.05) is 19.9 Å². The summed E-state index contributed by atoms with van der Waals surface area (Å²) in [5.74, 6) is 0. The van der Waals surface area contributed by atoms with Crippen LogP contribution in [0, 0.1) is 0 Å². The van der Waals surface area contributed by atoms with Crippen LogP contribution in [0.2, 0.25) is 0 Å². The van der Waals surface area contributed by atoms with Crippen LogP contribution in [0.3, 0.4) is 0 Å². The predicted molar refractivity (Wildman–Crippen MR) is 74.4 cm³/mol. The second-order valence-corrected chi connectivity index (χ2v) is 9.12. The van der Waals surface area contributed by atoms with Gasteiger partial charge in [-0.2, -0.15) is 0 Å². The second-order valence-electron chi connectivity index (χ2n) is 3.32. The van der Waals surface area contributed by atoms with Gasteiger partial charge in [0.1, 0.15) is 0 Å². The van der Waals surface area contributed by atoms with Gasteiger partial charge < -0.3 is 0 Å². The van der Waals surface area contributed by atoms with E-state index in [0.29, 0.717) is 0 Å². The average Bonchev–Trinajstić information content (AvgIpc) is 2.31. The summed E-state index contributed by atoms with van der Waals surface area (Å²) in [5, 5.41) is 0. The van der Waals surface area contributed by atoms with Crippen molar-refractivity contribution in [3.8, 4) is 0 Å². The molecule has 4 heteroatoms. The van der Waals surface area contributed by atoms with E-state index in [0.717, 1.165) is 19.4 Å². The van der Waals surface area contributed by atoms with Gasteiger partial charge in [0.2, 0.25) is 0 Å². The van der Waals surface area contributed by atoms with Crippen LogP contribution < -0.4 is 0 Å². The fourth-order valence-electron chi connectivity index (χ4n) is 1.48. The molecule has 0 N–H and O–H groups in total. The van der Waals surface area contributed by atoms with E-state index in [1.54, 1.807) is 11.4 Å². The van der Waals surface area contributed by atoms with Gasteiger partial charge in [-0.1, -0.05) is 0 Å². The molecule has 0 fully saturated rings. The first-order valence-corrected chi connectivity index (χ1v) is 9.34. The molecule has 0 radical (unpaired) electrons. The molecule has 0 atom stereocenters. The van der Waals surface area contributed by atoms with Crippen LogP contribution in [0.1, 0.15) is 20.8 Å². The van der Waals surface area contributed by atoms with Crippen molar-refractivity contribution in [1.29, 1.82) is 0 Å². The molecule has 1 aromatic carbocycles. The molecule has 0 aliphatic carbocycles. The Morgan fingerprint density at radius 3 is 2.00 bits per heavy atom. The topological polar surface area (TPSA) is 18.5 Å². The van der Waals surface area contributed by atoms with Crippen molar-refractivity contribution >= 4 is 18.3 Å². The summed E-state index contributed by atoms with van der Waals surface area (Å²) in [6.45, 7) is 5.56. The Kier molecular flexibility index (Phi) is 6.37. The Morgan fingerprint density at radius 1 is 1.00 bits per heavy atom. The number of hydrogen-bond donors (Lipinski definition) is 0. The SMILES string of the molecule is CCO[PH](CC)(OCC)Sc1ccccc1. The zero-order valence-electron chi connectivity index (χ0n) is 10.2. The Balaban J connectivity index is 2.76. The van der Waals surface area contributed by atoms with Gasteiger partial charge in [0.05, 0.1) is 0 Å². The van der Waals surface area contributed by atoms with Gasteiger partial charge in [-0.15, -0.1) is 0 Å². The second kappa shape index (κ2) is 7.29. The normalized spacial score (nSPS) is 12.7. The molecule has 0 amide bonds. The third-order valence-electron chi connectivity index (χ3n) is 2.18. The van der Waals surface area contributed by atoms with Crippen molar-refractivity contribution in [2.24, 2.45) is 0 Å². The Labute approximate surface area is 103 Å². The first kappa shape index (κ1) is 14.0. The van der Waals surface area contributed by atoms with E-state index in [2.05, 4.69) is 31.2 Å². The summed E-state index contributed by atoms with van der Waals surface area (Å²) in [4.78, 5) is 1.23. The fourth-order valence-corrected chi connectivity index (χ4v) is 6.75. The number of hydrogen-bond acceptors (Lipinski definition) is 3. The van der Waals surface area contributed by atoms with Crippen molar-refractivity contribution in [3.63, 3.8) is 0 Å². The molecule has 0 bridgehead atoms. The standard InChI is InChI=1S/C12H21O2PS/c1-4-13-15(6-3,14-5-2)16-12-10-8-7-9-11-12/h7-11,15H,4-6H2,1-3H3. The minimum absolute atomic E-state index is 0.722. The molecule has 2 nitrogen and oxygen atoms in total. The van der Waals surface area contributed by atoms with Crippen LogP contribution in [0.15, 0.2) is 35.2 Å². The van der Waals surface area contributed by atoms with Crippen molar-refractivity contribution in [1.82, 2.24) is 0 Å². The van der Waals surface area contributed by atoms with Crippen molar-refractivity contribution < 1.29 is 9.05 Å². The Hall–Kier alpha value is -0.0800. The van der Waals surface area contributed by atoms with Gasteiger partial charge in [-0.05, 0) is 0 Å². The Bertz CT molecular complexity index is 286. The number of rotatable bonds is 7. The zero-order chi connectivity index (χ0) is 11.9. The van der Waals surface area contributed by atoms with Gasteiger partial charge in [0, 0.05) is 0 Å². The molecular formula is C12H21O2PS. The van der Waals surface area contributed by atoms with Crippen LogP contribution >= 0.6 is 18.3 Å². The third-order valence-corrected chi connectivity index (χ3v) is 8.53. The molecule has 92 valence electrons. The van der Waals surface area contributed by atoms with Crippen LogP contribution in [-0.2, 0) is 9.05 Å². The van der Waals surface area contributed by atoms with Gasteiger partial charge in [-0.3, -0.25) is 0 Å². The predicted octanol–water partition coefficient (Wildman–Crippen LogP) is 4.37. The molecule has 0 heterocycles. The molecule has 0 unspecified atom stereocenters. The first-order valence-electron chi connectivity index (χ1n) is 5.78. The molecule has 0 aliphatic heterocycles. The summed E-state index contributed by atoms with van der Waals surface area (Å²) >= 11 is 1.78. The monoisotopic (exact) mass is 260 g/mol. The molecule has 0 saturated heterocycles. The van der Waals surface area contributed by atoms with E-state index < -0.39 is 6.92 Å². The Morgan fingerprint density at radius 2 is 1.56 bits per heavy atom. The molecule has 16 heavy (non-hydrogen) atoms. The summed E-state index contributed by atoms with van der Waals surface area (Å²) < 4.78 is 11.8. The van der Waals surface area contributed by atoms with Crippen LogP contribution in [0.25, 0.3) is 0 Å². The van der Waals surface area contributed by atoms with E-state index in [1.165, 1.54) is 4.90 Å². The van der Waals surface area contributed by atoms with Gasteiger partial charge in [-0.25, -0.2) is 0 Å². The van der Waals surface area contributed by atoms with E-state index in [9.17, 15) is 0 Å². The summed E-state index contributed by atoms with van der Waals surface area (Å²) in [6, 6.07) is 10.4. The molecule has 1 rings (SSSR count). The van der Waals surface area contributed by atoms with Crippen LogP contribution in [0.5, 0.6) is 0 Å². The van der Waals surface area contributed by atoms with Crippen molar-refractivity contribution in [2.45, 2.75) is 25.7 Å². The average molecular weight is 260 g/mol. The maximum absolute atomic E-state index is 5.90. The summed E-state index contributed by atoms with van der Waals surface area (Å²) in [7, 11) is 0. The summed E-state index contributed by atoms with van der Waals surface area (Å²) in [5.41, 5.74) is 0. The van der Waals surface area contributed by atoms with Crippen molar-refractivity contribution in [2.75, 3.05) is 19.4 Å². The van der Waals surface area contributed by atoms with E-state index in [4.69, 9.17) is 9.05 Å². The number of benzene rings is 1. The van der Waals surface area contributed by atoms with Gasteiger partial charge >= 0.3 is 103 Å². The third kappa shape index (κ3) is 4.06. The van der Waals surface area contributed by atoms with Gasteiger partial charge in [0.25, 0.3) is 0 Å². The van der Waals surface area contributed by atoms with Gasteiger partial charge in [0.15, 0.2) is 0 Å². The fraction of sp³-hybridized carbons (Fsp3) is 0.500. The van der Waals surface area contributed by atoms with E-state index in [-0.39, 0.29) is 0 Å². The minimum atomic E-state index is -2.09. The zero-order valence-corrected chi connectivity index (χ0v) is 12.0. The van der Waals surface area contributed by atoms with Crippen LogP contribution in [-0.4, -0.2) is 19.4 Å². The van der Waals surface area contributed by atoms with E-state index >= 15 is 0 Å². The van der Waals surface area contributed by atoms with Crippen LogP contribution in [0.4, 0.5) is 0 Å². The maximum atomic E-state index is 5.90.